The van der Waals surface area contributed by atoms with E-state index in [0.717, 1.165) is 16.3 Å². The fraction of sp³-hybridized carbons (Fsp3) is 0.500. The Kier molecular flexibility index (Phi) is 10.0. The molecule has 2 aromatic rings. The number of nitrogens with two attached hydrogens (primary N) is 1. The first-order valence-corrected chi connectivity index (χ1v) is 11.9. The zero-order valence-electron chi connectivity index (χ0n) is 20.6. The van der Waals surface area contributed by atoms with Crippen LogP contribution in [0.3, 0.4) is 0 Å². The van der Waals surface area contributed by atoms with E-state index in [9.17, 15) is 19.5 Å². The first-order valence-electron chi connectivity index (χ1n) is 11.9. The van der Waals surface area contributed by atoms with E-state index in [-0.39, 0.29) is 31.3 Å². The molecule has 0 heterocycles. The summed E-state index contributed by atoms with van der Waals surface area (Å²) in [5.74, 6) is -1.27. The van der Waals surface area contributed by atoms with Gasteiger partial charge in [-0.25, -0.2) is 0 Å². The summed E-state index contributed by atoms with van der Waals surface area (Å²) in [4.78, 5) is 38.6. The zero-order valence-corrected chi connectivity index (χ0v) is 20.6. The highest BCUT2D eigenvalue weighted by Crippen LogP contribution is 2.17. The number of hydrogen-bond donors (Lipinski definition) is 5. The summed E-state index contributed by atoms with van der Waals surface area (Å²) in [7, 11) is 0. The summed E-state index contributed by atoms with van der Waals surface area (Å²) in [5, 5.41) is 20.1. The third-order valence-corrected chi connectivity index (χ3v) is 6.02. The standard InChI is InChI=1S/C26H38N4O4/c1-5-18(6-2)23(32)30-26(3,4)25(34)29-22(24(33)28-16-21(31)15-27)14-17-11-12-19-9-7-8-10-20(19)13-17/h7-13,18,21-22,31H,5-6,14-16,27H2,1-4H3,(H,28,33)(H,29,34)(H,30,32)/t21-,22?/m1/s1. The van der Waals surface area contributed by atoms with Crippen LogP contribution in [0.4, 0.5) is 0 Å². The molecule has 8 heteroatoms. The predicted molar refractivity (Wildman–Crippen MR) is 134 cm³/mol. The van der Waals surface area contributed by atoms with Gasteiger partial charge in [0.15, 0.2) is 0 Å². The molecule has 2 rings (SSSR count). The van der Waals surface area contributed by atoms with Crippen molar-refractivity contribution in [1.82, 2.24) is 16.0 Å². The number of fused-ring (bicyclic) bond motifs is 1. The molecule has 0 fully saturated rings. The molecule has 3 amide bonds. The van der Waals surface area contributed by atoms with Gasteiger partial charge in [-0.05, 0) is 43.0 Å². The predicted octanol–water partition coefficient (Wildman–Crippen LogP) is 1.63. The van der Waals surface area contributed by atoms with E-state index in [1.54, 1.807) is 13.8 Å². The summed E-state index contributed by atoms with van der Waals surface area (Å²) in [6, 6.07) is 12.9. The van der Waals surface area contributed by atoms with E-state index in [4.69, 9.17) is 5.73 Å². The highest BCUT2D eigenvalue weighted by atomic mass is 16.3. The van der Waals surface area contributed by atoms with Crippen molar-refractivity contribution in [1.29, 1.82) is 0 Å². The molecule has 0 aliphatic carbocycles. The third kappa shape index (κ3) is 7.53. The van der Waals surface area contributed by atoms with Crippen LogP contribution < -0.4 is 21.7 Å². The normalized spacial score (nSPS) is 13.4. The van der Waals surface area contributed by atoms with E-state index in [1.807, 2.05) is 56.3 Å². The summed E-state index contributed by atoms with van der Waals surface area (Å²) < 4.78 is 0. The average molecular weight is 471 g/mol. The van der Waals surface area contributed by atoms with Crippen molar-refractivity contribution in [3.05, 3.63) is 48.0 Å². The average Bonchev–Trinajstić information content (AvgIpc) is 2.82. The minimum Gasteiger partial charge on any atom is -0.390 e. The molecule has 0 aliphatic heterocycles. The van der Waals surface area contributed by atoms with Gasteiger partial charge in [0.1, 0.15) is 11.6 Å². The van der Waals surface area contributed by atoms with E-state index in [2.05, 4.69) is 16.0 Å². The third-order valence-electron chi connectivity index (χ3n) is 6.02. The quantitative estimate of drug-likeness (QED) is 0.322. The molecule has 8 nitrogen and oxygen atoms in total. The second-order valence-electron chi connectivity index (χ2n) is 9.17. The van der Waals surface area contributed by atoms with Gasteiger partial charge in [0.05, 0.1) is 6.10 Å². The number of aliphatic hydroxyl groups is 1. The van der Waals surface area contributed by atoms with Crippen LogP contribution in [0.25, 0.3) is 10.8 Å². The number of rotatable bonds is 12. The molecule has 34 heavy (non-hydrogen) atoms. The lowest BCUT2D eigenvalue weighted by Crippen LogP contribution is -2.60. The SMILES string of the molecule is CCC(CC)C(=O)NC(C)(C)C(=O)NC(Cc1ccc2ccccc2c1)C(=O)NC[C@H](O)CN. The summed E-state index contributed by atoms with van der Waals surface area (Å²) in [6.45, 7) is 7.09. The minimum absolute atomic E-state index is 0.0110. The first-order chi connectivity index (χ1) is 16.1. The van der Waals surface area contributed by atoms with Gasteiger partial charge in [-0.15, -0.1) is 0 Å². The maximum absolute atomic E-state index is 13.1. The number of benzene rings is 2. The molecular weight excluding hydrogens is 432 g/mol. The van der Waals surface area contributed by atoms with Gasteiger partial charge in [0.2, 0.25) is 17.7 Å². The topological polar surface area (TPSA) is 134 Å². The van der Waals surface area contributed by atoms with E-state index < -0.39 is 29.5 Å². The van der Waals surface area contributed by atoms with E-state index in [1.165, 1.54) is 0 Å². The Labute approximate surface area is 201 Å². The maximum atomic E-state index is 13.1. The van der Waals surface area contributed by atoms with Gasteiger partial charge in [-0.2, -0.15) is 0 Å². The second kappa shape index (κ2) is 12.5. The molecule has 6 N–H and O–H groups in total. The highest BCUT2D eigenvalue weighted by Gasteiger charge is 2.34. The molecular formula is C26H38N4O4. The van der Waals surface area contributed by atoms with Crippen LogP contribution in [0, 0.1) is 5.92 Å². The van der Waals surface area contributed by atoms with E-state index in [0.29, 0.717) is 12.8 Å². The number of nitrogens with one attached hydrogen (secondary N) is 3. The Morgan fingerprint density at radius 3 is 2.26 bits per heavy atom. The number of carbonyl (C=O) groups excluding carboxylic acids is 3. The van der Waals surface area contributed by atoms with Crippen LogP contribution in [0.1, 0.15) is 46.1 Å². The second-order valence-corrected chi connectivity index (χ2v) is 9.17. The Morgan fingerprint density at radius 2 is 1.65 bits per heavy atom. The lowest BCUT2D eigenvalue weighted by atomic mass is 9.97. The monoisotopic (exact) mass is 470 g/mol. The molecule has 0 saturated carbocycles. The van der Waals surface area contributed by atoms with Crippen molar-refractivity contribution >= 4 is 28.5 Å². The molecule has 186 valence electrons. The molecule has 0 aromatic heterocycles. The van der Waals surface area contributed by atoms with Gasteiger partial charge in [-0.1, -0.05) is 56.3 Å². The van der Waals surface area contributed by atoms with Gasteiger partial charge < -0.3 is 26.8 Å². The molecule has 0 radical (unpaired) electrons. The first kappa shape index (κ1) is 27.3. The lowest BCUT2D eigenvalue weighted by molar-refractivity contribution is -0.136. The van der Waals surface area contributed by atoms with Gasteiger partial charge in [0, 0.05) is 25.4 Å². The van der Waals surface area contributed by atoms with Crippen LogP contribution >= 0.6 is 0 Å². The van der Waals surface area contributed by atoms with Gasteiger partial charge in [-0.3, -0.25) is 14.4 Å². The van der Waals surface area contributed by atoms with Crippen molar-refractivity contribution in [3.63, 3.8) is 0 Å². The molecule has 2 aromatic carbocycles. The minimum atomic E-state index is -1.21. The lowest BCUT2D eigenvalue weighted by Gasteiger charge is -2.29. The molecule has 0 saturated heterocycles. The molecule has 0 aliphatic rings. The zero-order chi connectivity index (χ0) is 25.3. The van der Waals surface area contributed by atoms with Crippen LogP contribution in [-0.4, -0.2) is 53.6 Å². The van der Waals surface area contributed by atoms with Crippen molar-refractivity contribution in [2.45, 2.75) is 64.6 Å². The summed E-state index contributed by atoms with van der Waals surface area (Å²) >= 11 is 0. The largest absolute Gasteiger partial charge is 0.390 e. The number of amides is 3. The van der Waals surface area contributed by atoms with Crippen molar-refractivity contribution < 1.29 is 19.5 Å². The van der Waals surface area contributed by atoms with Crippen LogP contribution in [0.15, 0.2) is 42.5 Å². The van der Waals surface area contributed by atoms with E-state index >= 15 is 0 Å². The molecule has 1 unspecified atom stereocenters. The summed E-state index contributed by atoms with van der Waals surface area (Å²) in [5.41, 5.74) is 5.09. The molecule has 0 bridgehead atoms. The fourth-order valence-corrected chi connectivity index (χ4v) is 3.70. The van der Waals surface area contributed by atoms with Crippen LogP contribution in [0.2, 0.25) is 0 Å². The fourth-order valence-electron chi connectivity index (χ4n) is 3.70. The highest BCUT2D eigenvalue weighted by molar-refractivity contribution is 5.95. The van der Waals surface area contributed by atoms with Crippen LogP contribution in [-0.2, 0) is 20.8 Å². The molecule has 2 atom stereocenters. The van der Waals surface area contributed by atoms with Crippen molar-refractivity contribution in [3.8, 4) is 0 Å². The Hall–Kier alpha value is -2.97. The maximum Gasteiger partial charge on any atom is 0.245 e. The Morgan fingerprint density at radius 1 is 1.00 bits per heavy atom. The molecule has 0 spiro atoms. The Bertz CT molecular complexity index is 988. The number of aliphatic hydroxyl groups excluding tert-OH is 1. The smallest absolute Gasteiger partial charge is 0.245 e. The number of hydrogen-bond acceptors (Lipinski definition) is 5. The number of carbonyl (C=O) groups is 3. The van der Waals surface area contributed by atoms with Crippen molar-refractivity contribution in [2.75, 3.05) is 13.1 Å². The van der Waals surface area contributed by atoms with Crippen molar-refractivity contribution in [2.24, 2.45) is 11.7 Å². The summed E-state index contributed by atoms with van der Waals surface area (Å²) in [6.07, 6.45) is 0.724. The van der Waals surface area contributed by atoms with Crippen LogP contribution in [0.5, 0.6) is 0 Å². The van der Waals surface area contributed by atoms with Gasteiger partial charge >= 0.3 is 0 Å². The Balaban J connectivity index is 2.21. The van der Waals surface area contributed by atoms with Gasteiger partial charge in [0.25, 0.3) is 0 Å².